The van der Waals surface area contributed by atoms with Crippen molar-refractivity contribution in [2.45, 2.75) is 27.7 Å². The van der Waals surface area contributed by atoms with Crippen LogP contribution in [0.4, 0.5) is 0 Å². The van der Waals surface area contributed by atoms with E-state index in [1.807, 2.05) is 112 Å². The van der Waals surface area contributed by atoms with E-state index in [0.717, 1.165) is 72.0 Å². The van der Waals surface area contributed by atoms with Gasteiger partial charge < -0.3 is 5.73 Å². The quantitative estimate of drug-likeness (QED) is 0.107. The Hall–Kier alpha value is -7.09. The summed E-state index contributed by atoms with van der Waals surface area (Å²) in [5.74, 6) is 4.64. The Labute approximate surface area is 325 Å². The fourth-order valence-corrected chi connectivity index (χ4v) is 6.39. The van der Waals surface area contributed by atoms with E-state index in [2.05, 4.69) is 86.7 Å². The number of aromatic nitrogens is 3. The van der Waals surface area contributed by atoms with E-state index in [9.17, 15) is 0 Å². The molecule has 4 heteroatoms. The summed E-state index contributed by atoms with van der Waals surface area (Å²) in [5, 5.41) is 2.26. The van der Waals surface area contributed by atoms with Crippen molar-refractivity contribution >= 4 is 28.0 Å². The maximum atomic E-state index is 6.42. The first-order valence-electron chi connectivity index (χ1n) is 18.2. The normalized spacial score (nSPS) is 12.4. The maximum absolute atomic E-state index is 6.42. The molecule has 0 saturated heterocycles. The average molecular weight is 713 g/mol. The number of nitrogens with zero attached hydrogens (tertiary/aromatic N) is 3. The van der Waals surface area contributed by atoms with Crippen molar-refractivity contribution in [1.82, 2.24) is 15.0 Å². The van der Waals surface area contributed by atoms with Gasteiger partial charge in [-0.05, 0) is 114 Å². The molecule has 0 fully saturated rings. The van der Waals surface area contributed by atoms with Gasteiger partial charge in [-0.1, -0.05) is 140 Å². The standard InChI is InChI=1S/C51H44N4/c1-8-19-45-46(33-40-25-16-17-26-44(40)48(45)35(5)6)42-30-41(37(9-2)29-28-36(7)47(52)27-18-20-34(3)4)31-43(32-42)51-54-49(38-21-12-10-13-22-38)53-50(55-51)39-23-14-11-15-24-39/h2,8,10-33H,3,5,52H2,1,4,6-7H3/b19-8-,20-18-,36-28+,37-29+,47-27-. The van der Waals surface area contributed by atoms with Crippen LogP contribution in [-0.2, 0) is 0 Å². The minimum absolute atomic E-state index is 0.531. The zero-order valence-electron chi connectivity index (χ0n) is 31.8. The van der Waals surface area contributed by atoms with Gasteiger partial charge in [0.05, 0.1) is 0 Å². The van der Waals surface area contributed by atoms with Crippen LogP contribution in [0.2, 0.25) is 0 Å². The number of hydrogen-bond acceptors (Lipinski definition) is 4. The first-order valence-corrected chi connectivity index (χ1v) is 18.2. The third-order valence-electron chi connectivity index (χ3n) is 9.13. The van der Waals surface area contributed by atoms with Crippen molar-refractivity contribution in [1.29, 1.82) is 0 Å². The van der Waals surface area contributed by atoms with Crippen LogP contribution in [0.5, 0.6) is 0 Å². The highest BCUT2D eigenvalue weighted by atomic mass is 15.0. The molecule has 4 nitrogen and oxygen atoms in total. The SMILES string of the molecule is C#C\C(=C/C=C(C)/C(N)=C/C=C\C(=C)C)c1cc(-c2nc(-c3ccccc3)nc(-c3ccccc3)n2)cc(-c2cc3ccccc3c(C(=C)C)c2/C=C\C)c1. The Morgan fingerprint density at radius 2 is 1.27 bits per heavy atom. The first-order chi connectivity index (χ1) is 26.7. The third-order valence-corrected chi connectivity index (χ3v) is 9.13. The second-order valence-electron chi connectivity index (χ2n) is 13.5. The van der Waals surface area contributed by atoms with Gasteiger partial charge in [-0.25, -0.2) is 15.0 Å². The molecule has 2 N–H and O–H groups in total. The van der Waals surface area contributed by atoms with Gasteiger partial charge in [0.25, 0.3) is 0 Å². The highest BCUT2D eigenvalue weighted by Gasteiger charge is 2.18. The van der Waals surface area contributed by atoms with Gasteiger partial charge >= 0.3 is 0 Å². The lowest BCUT2D eigenvalue weighted by atomic mass is 9.86. The van der Waals surface area contributed by atoms with Crippen LogP contribution in [0, 0.1) is 12.3 Å². The average Bonchev–Trinajstić information content (AvgIpc) is 3.20. The summed E-state index contributed by atoms with van der Waals surface area (Å²) in [6, 6.07) is 37.0. The summed E-state index contributed by atoms with van der Waals surface area (Å²) in [4.78, 5) is 15.1. The van der Waals surface area contributed by atoms with Crippen LogP contribution in [0.3, 0.4) is 0 Å². The zero-order valence-corrected chi connectivity index (χ0v) is 31.8. The Balaban J connectivity index is 1.65. The molecule has 268 valence electrons. The van der Waals surface area contributed by atoms with Crippen LogP contribution in [0.25, 0.3) is 73.3 Å². The van der Waals surface area contributed by atoms with Crippen molar-refractivity contribution in [2.24, 2.45) is 5.73 Å². The molecule has 55 heavy (non-hydrogen) atoms. The van der Waals surface area contributed by atoms with E-state index in [1.54, 1.807) is 0 Å². The number of hydrogen-bond donors (Lipinski definition) is 1. The molecule has 0 saturated carbocycles. The number of benzene rings is 5. The topological polar surface area (TPSA) is 64.7 Å². The van der Waals surface area contributed by atoms with Crippen LogP contribution in [0.1, 0.15) is 44.4 Å². The lowest BCUT2D eigenvalue weighted by Gasteiger charge is -2.18. The minimum Gasteiger partial charge on any atom is -0.399 e. The van der Waals surface area contributed by atoms with Crippen LogP contribution < -0.4 is 5.73 Å². The number of fused-ring (bicyclic) bond motifs is 1. The van der Waals surface area contributed by atoms with Gasteiger partial charge in [-0.15, -0.1) is 6.42 Å². The Morgan fingerprint density at radius 1 is 0.691 bits per heavy atom. The highest BCUT2D eigenvalue weighted by molar-refractivity contribution is 6.02. The fourth-order valence-electron chi connectivity index (χ4n) is 6.39. The summed E-state index contributed by atoms with van der Waals surface area (Å²) in [6.45, 7) is 16.3. The smallest absolute Gasteiger partial charge is 0.164 e. The monoisotopic (exact) mass is 712 g/mol. The fraction of sp³-hybridized carbons (Fsp3) is 0.0784. The molecule has 0 spiro atoms. The number of terminal acetylenes is 1. The molecule has 0 unspecified atom stereocenters. The van der Waals surface area contributed by atoms with E-state index in [-0.39, 0.29) is 0 Å². The number of nitrogens with two attached hydrogens (primary N) is 1. The number of rotatable bonds is 11. The maximum Gasteiger partial charge on any atom is 0.164 e. The first kappa shape index (κ1) is 37.7. The highest BCUT2D eigenvalue weighted by Crippen LogP contribution is 2.39. The van der Waals surface area contributed by atoms with Gasteiger partial charge in [0.2, 0.25) is 0 Å². The molecule has 0 amide bonds. The molecule has 0 radical (unpaired) electrons. The summed E-state index contributed by atoms with van der Waals surface area (Å²) < 4.78 is 0. The van der Waals surface area contributed by atoms with Gasteiger partial charge in [0.15, 0.2) is 17.5 Å². The van der Waals surface area contributed by atoms with E-state index >= 15 is 0 Å². The number of allylic oxidation sites excluding steroid dienone is 10. The van der Waals surface area contributed by atoms with Crippen molar-refractivity contribution < 1.29 is 0 Å². The second-order valence-corrected chi connectivity index (χ2v) is 13.5. The van der Waals surface area contributed by atoms with E-state index in [0.29, 0.717) is 28.7 Å². The summed E-state index contributed by atoms with van der Waals surface area (Å²) in [7, 11) is 0. The molecule has 6 rings (SSSR count). The van der Waals surface area contributed by atoms with E-state index in [1.165, 1.54) is 0 Å². The largest absolute Gasteiger partial charge is 0.399 e. The molecule has 0 aliphatic carbocycles. The molecule has 5 aromatic carbocycles. The second kappa shape index (κ2) is 17.2. The predicted molar refractivity (Wildman–Crippen MR) is 235 cm³/mol. The van der Waals surface area contributed by atoms with Crippen LogP contribution >= 0.6 is 0 Å². The molecule has 0 atom stereocenters. The van der Waals surface area contributed by atoms with Gasteiger partial charge in [-0.3, -0.25) is 0 Å². The Morgan fingerprint density at radius 3 is 1.85 bits per heavy atom. The van der Waals surface area contributed by atoms with E-state index < -0.39 is 0 Å². The summed E-state index contributed by atoms with van der Waals surface area (Å²) in [5.41, 5.74) is 18.1. The van der Waals surface area contributed by atoms with Crippen LogP contribution in [-0.4, -0.2) is 15.0 Å². The van der Waals surface area contributed by atoms with Crippen molar-refractivity contribution in [3.63, 3.8) is 0 Å². The van der Waals surface area contributed by atoms with E-state index in [4.69, 9.17) is 27.1 Å². The van der Waals surface area contributed by atoms with Crippen LogP contribution in [0.15, 0.2) is 176 Å². The Kier molecular flexibility index (Phi) is 11.7. The van der Waals surface area contributed by atoms with Crippen molar-refractivity contribution in [3.8, 4) is 57.6 Å². The molecule has 1 heterocycles. The summed E-state index contributed by atoms with van der Waals surface area (Å²) >= 11 is 0. The Bertz CT molecular complexity index is 2550. The third kappa shape index (κ3) is 8.76. The molecular weight excluding hydrogens is 669 g/mol. The molecular formula is C51H44N4. The molecule has 0 bridgehead atoms. The lowest BCUT2D eigenvalue weighted by Crippen LogP contribution is -2.01. The van der Waals surface area contributed by atoms with Gasteiger partial charge in [-0.2, -0.15) is 0 Å². The predicted octanol–water partition coefficient (Wildman–Crippen LogP) is 12.7. The van der Waals surface area contributed by atoms with Crippen molar-refractivity contribution in [2.75, 3.05) is 0 Å². The molecule has 6 aromatic rings. The zero-order chi connectivity index (χ0) is 38.9. The van der Waals surface area contributed by atoms with Gasteiger partial charge in [0, 0.05) is 28.0 Å². The van der Waals surface area contributed by atoms with Gasteiger partial charge in [0.1, 0.15) is 0 Å². The molecule has 0 aliphatic heterocycles. The summed E-state index contributed by atoms with van der Waals surface area (Å²) in [6.07, 6.45) is 20.1. The van der Waals surface area contributed by atoms with Crippen molar-refractivity contribution in [3.05, 3.63) is 192 Å². The molecule has 0 aliphatic rings. The lowest BCUT2D eigenvalue weighted by molar-refractivity contribution is 1.07. The minimum atomic E-state index is 0.531. The molecule has 1 aromatic heterocycles.